The zero-order valence-electron chi connectivity index (χ0n) is 12.6. The molecule has 0 atom stereocenters. The van der Waals surface area contributed by atoms with Gasteiger partial charge in [0, 0.05) is 6.20 Å². The number of nitrogens with zero attached hydrogens (tertiary/aromatic N) is 2. The van der Waals surface area contributed by atoms with Crippen LogP contribution < -0.4 is 8.92 Å². The first-order valence-electron chi connectivity index (χ1n) is 6.61. The maximum Gasteiger partial charge on any atom is 0.418 e. The summed E-state index contributed by atoms with van der Waals surface area (Å²) in [4.78, 5) is 7.82. The van der Waals surface area contributed by atoms with Gasteiger partial charge in [0.2, 0.25) is 18.2 Å². The second kappa shape index (κ2) is 7.91. The van der Waals surface area contributed by atoms with E-state index in [0.717, 1.165) is 6.07 Å². The van der Waals surface area contributed by atoms with Crippen molar-refractivity contribution in [2.45, 2.75) is 13.1 Å². The minimum absolute atomic E-state index is 0.112. The fourth-order valence-corrected chi connectivity index (χ4v) is 2.21. The molecule has 0 unspecified atom stereocenters. The van der Waals surface area contributed by atoms with Crippen molar-refractivity contribution >= 4 is 23.9 Å². The van der Waals surface area contributed by atoms with Crippen molar-refractivity contribution in [1.29, 1.82) is 0 Å². The van der Waals surface area contributed by atoms with Crippen molar-refractivity contribution in [3.05, 3.63) is 35.1 Å². The Bertz CT molecular complexity index is 716. The summed E-state index contributed by atoms with van der Waals surface area (Å²) in [6, 6.07) is 3.84. The Labute approximate surface area is 145 Å². The van der Waals surface area contributed by atoms with Crippen LogP contribution in [0.3, 0.4) is 0 Å². The molecule has 24 heavy (non-hydrogen) atoms. The third-order valence-electron chi connectivity index (χ3n) is 2.74. The summed E-state index contributed by atoms with van der Waals surface area (Å²) in [7, 11) is 1.36. The molecule has 0 saturated heterocycles. The number of halogens is 4. The maximum absolute atomic E-state index is 12.9. The highest BCUT2D eigenvalue weighted by molar-refractivity contribution is 7.90. The van der Waals surface area contributed by atoms with Crippen molar-refractivity contribution in [1.82, 2.24) is 9.97 Å². The standard InChI is InChI=1S/C14H12ClF3N2O3S/c1-3-22-24-23-10-6-8(14(16,17)18)7-19-12(10)9-4-5-11(15)20-13(9)21-2/h4-7H,3H2,1-2H3. The number of hydrogen-bond donors (Lipinski definition) is 0. The number of methoxy groups -OCH3 is 1. The SMILES string of the molecule is CCOSOc1cc(C(F)(F)F)cnc1-c1ccc(Cl)nc1OC. The molecule has 2 rings (SSSR count). The minimum Gasteiger partial charge on any atom is -0.480 e. The fraction of sp³-hybridized carbons (Fsp3) is 0.286. The Hall–Kier alpha value is -1.71. The lowest BCUT2D eigenvalue weighted by Crippen LogP contribution is -2.07. The lowest BCUT2D eigenvalue weighted by atomic mass is 10.1. The quantitative estimate of drug-likeness (QED) is 0.407. The number of hydrogen-bond acceptors (Lipinski definition) is 6. The predicted molar refractivity (Wildman–Crippen MR) is 83.9 cm³/mol. The van der Waals surface area contributed by atoms with Crippen LogP contribution in [0.1, 0.15) is 12.5 Å². The highest BCUT2D eigenvalue weighted by Gasteiger charge is 2.32. The van der Waals surface area contributed by atoms with Gasteiger partial charge in [0.1, 0.15) is 10.8 Å². The Morgan fingerprint density at radius 2 is 2.04 bits per heavy atom. The predicted octanol–water partition coefficient (Wildman–Crippen LogP) is 4.80. The molecule has 0 amide bonds. The van der Waals surface area contributed by atoms with Gasteiger partial charge in [0.05, 0.1) is 24.8 Å². The Kier molecular flexibility index (Phi) is 6.14. The Morgan fingerprint density at radius 3 is 2.67 bits per heavy atom. The van der Waals surface area contributed by atoms with Crippen molar-refractivity contribution in [3.8, 4) is 22.9 Å². The van der Waals surface area contributed by atoms with Gasteiger partial charge in [0.25, 0.3) is 0 Å². The molecule has 130 valence electrons. The molecule has 0 aromatic carbocycles. The van der Waals surface area contributed by atoms with Crippen LogP contribution in [0.5, 0.6) is 11.6 Å². The summed E-state index contributed by atoms with van der Waals surface area (Å²) in [5.74, 6) is -0.0216. The number of aromatic nitrogens is 2. The van der Waals surface area contributed by atoms with Gasteiger partial charge in [-0.15, -0.1) is 0 Å². The zero-order chi connectivity index (χ0) is 17.7. The summed E-state index contributed by atoms with van der Waals surface area (Å²) in [5.41, 5.74) is -0.488. The smallest absolute Gasteiger partial charge is 0.418 e. The minimum atomic E-state index is -4.55. The van der Waals surface area contributed by atoms with Crippen molar-refractivity contribution in [2.24, 2.45) is 0 Å². The summed E-state index contributed by atoms with van der Waals surface area (Å²) >= 11 is 6.35. The average molecular weight is 381 g/mol. The third kappa shape index (κ3) is 4.43. The van der Waals surface area contributed by atoms with Gasteiger partial charge in [-0.3, -0.25) is 9.17 Å². The topological polar surface area (TPSA) is 53.5 Å². The molecule has 0 aliphatic heterocycles. The van der Waals surface area contributed by atoms with E-state index in [9.17, 15) is 13.2 Å². The zero-order valence-corrected chi connectivity index (χ0v) is 14.1. The maximum atomic E-state index is 12.9. The van der Waals surface area contributed by atoms with Crippen molar-refractivity contribution < 1.29 is 26.3 Å². The third-order valence-corrected chi connectivity index (χ3v) is 3.53. The first-order valence-corrected chi connectivity index (χ1v) is 7.65. The van der Waals surface area contributed by atoms with E-state index >= 15 is 0 Å². The van der Waals surface area contributed by atoms with E-state index < -0.39 is 11.7 Å². The second-order valence-corrected chi connectivity index (χ2v) is 5.24. The highest BCUT2D eigenvalue weighted by atomic mass is 35.5. The van der Waals surface area contributed by atoms with Crippen LogP contribution in [0.4, 0.5) is 13.2 Å². The summed E-state index contributed by atoms with van der Waals surface area (Å²) < 4.78 is 54.0. The molecule has 2 heterocycles. The molecular weight excluding hydrogens is 369 g/mol. The summed E-state index contributed by atoms with van der Waals surface area (Å²) in [5, 5.41) is 0.175. The number of ether oxygens (including phenoxy) is 1. The second-order valence-electron chi connectivity index (χ2n) is 4.32. The molecule has 0 bridgehead atoms. The largest absolute Gasteiger partial charge is 0.480 e. The average Bonchev–Trinajstić information content (AvgIpc) is 2.54. The summed E-state index contributed by atoms with van der Waals surface area (Å²) in [6.45, 7) is 2.03. The lowest BCUT2D eigenvalue weighted by Gasteiger charge is -2.14. The summed E-state index contributed by atoms with van der Waals surface area (Å²) in [6.07, 6.45) is -3.84. The van der Waals surface area contributed by atoms with Crippen LogP contribution in [0, 0.1) is 0 Å². The number of alkyl halides is 3. The van der Waals surface area contributed by atoms with Gasteiger partial charge in [-0.05, 0) is 25.1 Å². The van der Waals surface area contributed by atoms with Crippen LogP contribution in [0.15, 0.2) is 24.4 Å². The van der Waals surface area contributed by atoms with E-state index in [1.54, 1.807) is 6.92 Å². The molecule has 0 aliphatic rings. The number of pyridine rings is 2. The molecule has 2 aromatic rings. The van der Waals surface area contributed by atoms with Gasteiger partial charge in [-0.1, -0.05) is 11.6 Å². The Morgan fingerprint density at radius 1 is 1.29 bits per heavy atom. The molecule has 0 spiro atoms. The molecule has 10 heteroatoms. The monoisotopic (exact) mass is 380 g/mol. The van der Waals surface area contributed by atoms with Gasteiger partial charge in [-0.2, -0.15) is 13.2 Å². The first-order chi connectivity index (χ1) is 11.4. The van der Waals surface area contributed by atoms with Gasteiger partial charge < -0.3 is 8.92 Å². The van der Waals surface area contributed by atoms with Crippen LogP contribution in [0.2, 0.25) is 5.15 Å². The molecular formula is C14H12ClF3N2O3S. The van der Waals surface area contributed by atoms with E-state index in [0.29, 0.717) is 30.7 Å². The van der Waals surface area contributed by atoms with E-state index in [1.807, 2.05) is 0 Å². The highest BCUT2D eigenvalue weighted by Crippen LogP contribution is 2.39. The van der Waals surface area contributed by atoms with Crippen LogP contribution in [0.25, 0.3) is 11.3 Å². The molecule has 5 nitrogen and oxygen atoms in total. The Balaban J connectivity index is 2.52. The van der Waals surface area contributed by atoms with Crippen molar-refractivity contribution in [3.63, 3.8) is 0 Å². The molecule has 2 aromatic heterocycles. The molecule has 0 aliphatic carbocycles. The van der Waals surface area contributed by atoms with Crippen LogP contribution in [-0.4, -0.2) is 23.7 Å². The van der Waals surface area contributed by atoms with Crippen molar-refractivity contribution in [2.75, 3.05) is 13.7 Å². The normalized spacial score (nSPS) is 11.4. The van der Waals surface area contributed by atoms with E-state index in [1.165, 1.54) is 19.2 Å². The molecule has 0 N–H and O–H groups in total. The number of rotatable bonds is 6. The van der Waals surface area contributed by atoms with Crippen LogP contribution >= 0.6 is 23.9 Å². The first kappa shape index (κ1) is 18.6. The van der Waals surface area contributed by atoms with Gasteiger partial charge >= 0.3 is 6.18 Å². The van der Waals surface area contributed by atoms with Gasteiger partial charge in [-0.25, -0.2) is 4.98 Å². The van der Waals surface area contributed by atoms with Gasteiger partial charge in [0.15, 0.2) is 5.75 Å². The van der Waals surface area contributed by atoms with E-state index in [4.69, 9.17) is 24.7 Å². The molecule has 0 saturated carbocycles. The lowest BCUT2D eigenvalue weighted by molar-refractivity contribution is -0.137. The fourth-order valence-electron chi connectivity index (χ4n) is 1.73. The molecule has 0 fully saturated rings. The molecule has 0 radical (unpaired) electrons. The van der Waals surface area contributed by atoms with Crippen LogP contribution in [-0.2, 0) is 10.4 Å². The van der Waals surface area contributed by atoms with E-state index in [-0.39, 0.29) is 22.5 Å². The van der Waals surface area contributed by atoms with E-state index in [2.05, 4.69) is 9.97 Å².